The van der Waals surface area contributed by atoms with E-state index in [2.05, 4.69) is 55.3 Å². The Kier molecular flexibility index (Phi) is 4.19. The Labute approximate surface area is 109 Å². The van der Waals surface area contributed by atoms with Crippen molar-refractivity contribution in [3.05, 3.63) is 36.5 Å². The molecule has 2 heteroatoms. The van der Waals surface area contributed by atoms with Gasteiger partial charge in [0.05, 0.1) is 5.52 Å². The van der Waals surface area contributed by atoms with Crippen LogP contribution >= 0.6 is 0 Å². The SMILES string of the molecule is CCC(CC)C(C)Nc1ccnc2ccccc12. The van der Waals surface area contributed by atoms with Crippen LogP contribution in [0.4, 0.5) is 5.69 Å². The van der Waals surface area contributed by atoms with Gasteiger partial charge in [-0.05, 0) is 25.0 Å². The number of hydrogen-bond donors (Lipinski definition) is 1. The molecule has 1 aromatic carbocycles. The summed E-state index contributed by atoms with van der Waals surface area (Å²) in [6, 6.07) is 10.8. The Bertz CT molecular complexity index is 498. The van der Waals surface area contributed by atoms with E-state index in [1.165, 1.54) is 23.9 Å². The molecule has 18 heavy (non-hydrogen) atoms. The molecule has 0 radical (unpaired) electrons. The van der Waals surface area contributed by atoms with Gasteiger partial charge in [0.25, 0.3) is 0 Å². The molecular formula is C16H22N2. The van der Waals surface area contributed by atoms with E-state index in [9.17, 15) is 0 Å². The first-order valence-electron chi connectivity index (χ1n) is 6.86. The number of aromatic nitrogens is 1. The number of hydrogen-bond acceptors (Lipinski definition) is 2. The predicted molar refractivity (Wildman–Crippen MR) is 78.9 cm³/mol. The maximum absolute atomic E-state index is 4.39. The minimum Gasteiger partial charge on any atom is -0.382 e. The lowest BCUT2D eigenvalue weighted by atomic mass is 9.95. The number of para-hydroxylation sites is 1. The standard InChI is InChI=1S/C16H22N2/c1-4-13(5-2)12(3)18-16-10-11-17-15-9-7-6-8-14(15)16/h6-13H,4-5H2,1-3H3,(H,17,18). The lowest BCUT2D eigenvalue weighted by Gasteiger charge is -2.24. The zero-order valence-corrected chi connectivity index (χ0v) is 11.5. The highest BCUT2D eigenvalue weighted by Crippen LogP contribution is 2.24. The summed E-state index contributed by atoms with van der Waals surface area (Å²) in [5.74, 6) is 0.719. The second kappa shape index (κ2) is 5.85. The van der Waals surface area contributed by atoms with Gasteiger partial charge in [-0.25, -0.2) is 0 Å². The van der Waals surface area contributed by atoms with E-state index in [0.717, 1.165) is 11.4 Å². The summed E-state index contributed by atoms with van der Waals surface area (Å²) in [7, 11) is 0. The first-order chi connectivity index (χ1) is 8.76. The highest BCUT2D eigenvalue weighted by atomic mass is 14.9. The molecule has 1 aromatic heterocycles. The molecule has 2 rings (SSSR count). The molecule has 0 aliphatic rings. The van der Waals surface area contributed by atoms with E-state index in [1.807, 2.05) is 12.3 Å². The Morgan fingerprint density at radius 3 is 2.56 bits per heavy atom. The van der Waals surface area contributed by atoms with E-state index in [-0.39, 0.29) is 0 Å². The molecule has 0 saturated heterocycles. The highest BCUT2D eigenvalue weighted by Gasteiger charge is 2.14. The molecule has 0 amide bonds. The molecule has 0 saturated carbocycles. The Hall–Kier alpha value is -1.57. The fourth-order valence-electron chi connectivity index (χ4n) is 2.58. The third-order valence-electron chi connectivity index (χ3n) is 3.79. The Morgan fingerprint density at radius 1 is 1.11 bits per heavy atom. The van der Waals surface area contributed by atoms with Crippen molar-refractivity contribution in [2.45, 2.75) is 39.7 Å². The summed E-state index contributed by atoms with van der Waals surface area (Å²) >= 11 is 0. The van der Waals surface area contributed by atoms with Crippen LogP contribution in [-0.2, 0) is 0 Å². The van der Waals surface area contributed by atoms with Crippen molar-refractivity contribution >= 4 is 16.6 Å². The molecule has 1 N–H and O–H groups in total. The summed E-state index contributed by atoms with van der Waals surface area (Å²) in [6.45, 7) is 6.79. The number of pyridine rings is 1. The monoisotopic (exact) mass is 242 g/mol. The van der Waals surface area contributed by atoms with Crippen LogP contribution in [0, 0.1) is 5.92 Å². The van der Waals surface area contributed by atoms with Crippen molar-refractivity contribution in [3.8, 4) is 0 Å². The van der Waals surface area contributed by atoms with Crippen LogP contribution in [0.1, 0.15) is 33.6 Å². The molecule has 2 nitrogen and oxygen atoms in total. The van der Waals surface area contributed by atoms with Gasteiger partial charge in [-0.15, -0.1) is 0 Å². The van der Waals surface area contributed by atoms with Crippen molar-refractivity contribution in [2.24, 2.45) is 5.92 Å². The molecule has 1 unspecified atom stereocenters. The first-order valence-corrected chi connectivity index (χ1v) is 6.86. The lowest BCUT2D eigenvalue weighted by molar-refractivity contribution is 0.438. The average molecular weight is 242 g/mol. The van der Waals surface area contributed by atoms with Crippen LogP contribution in [0.3, 0.4) is 0 Å². The minimum atomic E-state index is 0.491. The first kappa shape index (κ1) is 12.9. The zero-order chi connectivity index (χ0) is 13.0. The zero-order valence-electron chi connectivity index (χ0n) is 11.5. The molecular weight excluding hydrogens is 220 g/mol. The third kappa shape index (κ3) is 2.63. The minimum absolute atomic E-state index is 0.491. The van der Waals surface area contributed by atoms with Gasteiger partial charge in [-0.1, -0.05) is 44.9 Å². The molecule has 1 atom stereocenters. The molecule has 0 aliphatic carbocycles. The van der Waals surface area contributed by atoms with Gasteiger partial charge in [-0.2, -0.15) is 0 Å². The fourth-order valence-corrected chi connectivity index (χ4v) is 2.58. The quantitative estimate of drug-likeness (QED) is 0.836. The van der Waals surface area contributed by atoms with Crippen molar-refractivity contribution in [1.82, 2.24) is 4.98 Å². The van der Waals surface area contributed by atoms with Crippen molar-refractivity contribution < 1.29 is 0 Å². The predicted octanol–water partition coefficient (Wildman–Crippen LogP) is 4.47. The van der Waals surface area contributed by atoms with Crippen LogP contribution in [-0.4, -0.2) is 11.0 Å². The van der Waals surface area contributed by atoms with Crippen LogP contribution in [0.15, 0.2) is 36.5 Å². The summed E-state index contributed by atoms with van der Waals surface area (Å²) in [5, 5.41) is 4.85. The molecule has 0 fully saturated rings. The maximum Gasteiger partial charge on any atom is 0.0722 e. The highest BCUT2D eigenvalue weighted by molar-refractivity contribution is 5.90. The number of nitrogens with zero attached hydrogens (tertiary/aromatic N) is 1. The molecule has 2 aromatic rings. The second-order valence-electron chi connectivity index (χ2n) is 4.89. The van der Waals surface area contributed by atoms with Crippen molar-refractivity contribution in [3.63, 3.8) is 0 Å². The smallest absolute Gasteiger partial charge is 0.0722 e. The van der Waals surface area contributed by atoms with E-state index in [1.54, 1.807) is 0 Å². The van der Waals surface area contributed by atoms with E-state index >= 15 is 0 Å². The number of anilines is 1. The molecule has 0 aliphatic heterocycles. The van der Waals surface area contributed by atoms with E-state index in [0.29, 0.717) is 6.04 Å². The van der Waals surface area contributed by atoms with Crippen LogP contribution in [0.5, 0.6) is 0 Å². The number of fused-ring (bicyclic) bond motifs is 1. The molecule has 0 spiro atoms. The Morgan fingerprint density at radius 2 is 1.83 bits per heavy atom. The molecule has 1 heterocycles. The lowest BCUT2D eigenvalue weighted by Crippen LogP contribution is -2.25. The van der Waals surface area contributed by atoms with Gasteiger partial charge in [0.2, 0.25) is 0 Å². The largest absolute Gasteiger partial charge is 0.382 e. The van der Waals surface area contributed by atoms with Gasteiger partial charge in [0.15, 0.2) is 0 Å². The molecule has 96 valence electrons. The second-order valence-corrected chi connectivity index (χ2v) is 4.89. The van der Waals surface area contributed by atoms with Crippen molar-refractivity contribution in [2.75, 3.05) is 5.32 Å². The number of benzene rings is 1. The van der Waals surface area contributed by atoms with Gasteiger partial charge in [0, 0.05) is 23.3 Å². The van der Waals surface area contributed by atoms with Crippen LogP contribution in [0.2, 0.25) is 0 Å². The molecule has 0 bridgehead atoms. The van der Waals surface area contributed by atoms with Gasteiger partial charge < -0.3 is 5.32 Å². The summed E-state index contributed by atoms with van der Waals surface area (Å²) in [4.78, 5) is 4.39. The third-order valence-corrected chi connectivity index (χ3v) is 3.79. The number of nitrogens with one attached hydrogen (secondary N) is 1. The van der Waals surface area contributed by atoms with Crippen LogP contribution < -0.4 is 5.32 Å². The van der Waals surface area contributed by atoms with Gasteiger partial charge in [-0.3, -0.25) is 4.98 Å². The van der Waals surface area contributed by atoms with Crippen molar-refractivity contribution in [1.29, 1.82) is 0 Å². The van der Waals surface area contributed by atoms with Gasteiger partial charge in [0.1, 0.15) is 0 Å². The average Bonchev–Trinajstić information content (AvgIpc) is 2.40. The number of rotatable bonds is 5. The topological polar surface area (TPSA) is 24.9 Å². The maximum atomic E-state index is 4.39. The van der Waals surface area contributed by atoms with E-state index < -0.39 is 0 Å². The normalized spacial score (nSPS) is 12.9. The summed E-state index contributed by atoms with van der Waals surface area (Å²) in [5.41, 5.74) is 2.25. The van der Waals surface area contributed by atoms with E-state index in [4.69, 9.17) is 0 Å². The summed E-state index contributed by atoms with van der Waals surface area (Å²) in [6.07, 6.45) is 4.31. The van der Waals surface area contributed by atoms with Crippen LogP contribution in [0.25, 0.3) is 10.9 Å². The Balaban J connectivity index is 2.26. The summed E-state index contributed by atoms with van der Waals surface area (Å²) < 4.78 is 0. The van der Waals surface area contributed by atoms with Gasteiger partial charge >= 0.3 is 0 Å². The fraction of sp³-hybridized carbons (Fsp3) is 0.438.